The molecule has 0 amide bonds. The first kappa shape index (κ1) is 20.4. The van der Waals surface area contributed by atoms with E-state index in [4.69, 9.17) is 9.47 Å². The molecule has 1 aliphatic carbocycles. The summed E-state index contributed by atoms with van der Waals surface area (Å²) in [6.07, 6.45) is 4.97. The molecule has 2 aromatic rings. The minimum Gasteiger partial charge on any atom is -0.461 e. The van der Waals surface area contributed by atoms with Crippen molar-refractivity contribution < 1.29 is 23.9 Å². The van der Waals surface area contributed by atoms with E-state index in [1.165, 1.54) is 0 Å². The Morgan fingerprint density at radius 1 is 1.17 bits per heavy atom. The van der Waals surface area contributed by atoms with Gasteiger partial charge in [0.25, 0.3) is 0 Å². The summed E-state index contributed by atoms with van der Waals surface area (Å²) >= 11 is 0. The van der Waals surface area contributed by atoms with Crippen LogP contribution in [0.25, 0.3) is 0 Å². The second-order valence-corrected chi connectivity index (χ2v) is 8.08. The van der Waals surface area contributed by atoms with Crippen LogP contribution in [0.2, 0.25) is 0 Å². The molecule has 1 saturated heterocycles. The summed E-state index contributed by atoms with van der Waals surface area (Å²) in [6.45, 7) is 4.67. The van der Waals surface area contributed by atoms with Gasteiger partial charge >= 0.3 is 17.9 Å². The molecule has 158 valence electrons. The number of unbranched alkanes of at least 4 members (excludes halogenated alkanes) is 1. The topological polar surface area (TPSA) is 74.6 Å². The first-order chi connectivity index (χ1) is 14.5. The highest BCUT2D eigenvalue weighted by atomic mass is 16.6. The van der Waals surface area contributed by atoms with Gasteiger partial charge in [0.1, 0.15) is 5.69 Å². The van der Waals surface area contributed by atoms with Crippen LogP contribution in [0.3, 0.4) is 0 Å². The lowest BCUT2D eigenvalue weighted by Crippen LogP contribution is -2.32. The Bertz CT molecular complexity index is 961. The molecule has 4 rings (SSSR count). The van der Waals surface area contributed by atoms with E-state index in [9.17, 15) is 14.4 Å². The van der Waals surface area contributed by atoms with Crippen molar-refractivity contribution >= 4 is 17.9 Å². The first-order valence-electron chi connectivity index (χ1n) is 10.7. The molecule has 1 fully saturated rings. The van der Waals surface area contributed by atoms with Crippen molar-refractivity contribution in [3.63, 3.8) is 0 Å². The van der Waals surface area contributed by atoms with Crippen molar-refractivity contribution in [1.82, 2.24) is 4.57 Å². The summed E-state index contributed by atoms with van der Waals surface area (Å²) in [4.78, 5) is 37.9. The number of rotatable bonds is 7. The van der Waals surface area contributed by atoms with E-state index in [0.29, 0.717) is 18.7 Å². The maximum absolute atomic E-state index is 13.0. The minimum atomic E-state index is -0.516. The molecule has 1 aromatic carbocycles. The summed E-state index contributed by atoms with van der Waals surface area (Å²) in [5, 5.41) is 0. The molecule has 1 aliphatic heterocycles. The van der Waals surface area contributed by atoms with Gasteiger partial charge in [0.05, 0.1) is 18.4 Å². The normalized spacial score (nSPS) is 22.4. The Kier molecular flexibility index (Phi) is 5.75. The Hall–Kier alpha value is -2.89. The van der Waals surface area contributed by atoms with E-state index in [2.05, 4.69) is 6.92 Å². The second-order valence-electron chi connectivity index (χ2n) is 8.08. The van der Waals surface area contributed by atoms with Crippen molar-refractivity contribution in [2.24, 2.45) is 11.8 Å². The molecular weight excluding hydrogens is 382 g/mol. The third-order valence-corrected chi connectivity index (χ3v) is 6.19. The van der Waals surface area contributed by atoms with Crippen LogP contribution in [0.4, 0.5) is 0 Å². The zero-order valence-corrected chi connectivity index (χ0v) is 17.4. The van der Waals surface area contributed by atoms with E-state index in [0.717, 1.165) is 36.0 Å². The molecule has 0 bridgehead atoms. The fourth-order valence-electron chi connectivity index (χ4n) is 4.91. The molecule has 0 saturated carbocycles. The highest BCUT2D eigenvalue weighted by molar-refractivity contribution is 5.99. The minimum absolute atomic E-state index is 0.214. The third kappa shape index (κ3) is 3.55. The quantitative estimate of drug-likeness (QED) is 0.513. The standard InChI is InChI=1S/C24H27NO5/c1-3-5-11-17-19-16(12-18-20(17)23(27)30-22(18)26)14-25(21(19)24(28)29-4-2)13-15-9-7-6-8-10-15/h6-10,14,17-18,20H,3-5,11-13H2,1-2H3/t17-,18+,20-/m0/s1. The van der Waals surface area contributed by atoms with Gasteiger partial charge in [0, 0.05) is 18.7 Å². The third-order valence-electron chi connectivity index (χ3n) is 6.19. The Morgan fingerprint density at radius 3 is 2.63 bits per heavy atom. The lowest BCUT2D eigenvalue weighted by atomic mass is 9.69. The van der Waals surface area contributed by atoms with Gasteiger partial charge in [-0.1, -0.05) is 50.1 Å². The predicted octanol–water partition coefficient (Wildman–Crippen LogP) is 3.86. The summed E-state index contributed by atoms with van der Waals surface area (Å²) in [7, 11) is 0. The van der Waals surface area contributed by atoms with Gasteiger partial charge in [0.2, 0.25) is 0 Å². The lowest BCUT2D eigenvalue weighted by Gasteiger charge is -2.30. The Balaban J connectivity index is 1.83. The van der Waals surface area contributed by atoms with Crippen LogP contribution in [0, 0.1) is 11.8 Å². The number of fused-ring (bicyclic) bond motifs is 2. The van der Waals surface area contributed by atoms with Gasteiger partial charge in [-0.3, -0.25) is 9.59 Å². The molecule has 1 aromatic heterocycles. The number of hydrogen-bond acceptors (Lipinski definition) is 5. The van der Waals surface area contributed by atoms with E-state index >= 15 is 0 Å². The molecular formula is C24H27NO5. The summed E-state index contributed by atoms with van der Waals surface area (Å²) in [6, 6.07) is 9.91. The number of ether oxygens (including phenoxy) is 2. The van der Waals surface area contributed by atoms with Gasteiger partial charge in [0.15, 0.2) is 0 Å². The lowest BCUT2D eigenvalue weighted by molar-refractivity contribution is -0.153. The Morgan fingerprint density at radius 2 is 1.93 bits per heavy atom. The largest absolute Gasteiger partial charge is 0.461 e. The average molecular weight is 409 g/mol. The van der Waals surface area contributed by atoms with Crippen LogP contribution in [-0.4, -0.2) is 29.1 Å². The number of carbonyl (C=O) groups is 3. The van der Waals surface area contributed by atoms with E-state index in [1.54, 1.807) is 6.92 Å². The second kappa shape index (κ2) is 8.46. The summed E-state index contributed by atoms with van der Waals surface area (Å²) < 4.78 is 12.3. The van der Waals surface area contributed by atoms with Crippen LogP contribution in [0.15, 0.2) is 36.5 Å². The molecule has 2 aliphatic rings. The van der Waals surface area contributed by atoms with Crippen molar-refractivity contribution in [2.75, 3.05) is 6.61 Å². The van der Waals surface area contributed by atoms with Gasteiger partial charge in [-0.15, -0.1) is 0 Å². The number of nitrogens with zero attached hydrogens (tertiary/aromatic N) is 1. The zero-order valence-electron chi connectivity index (χ0n) is 17.4. The van der Waals surface area contributed by atoms with Crippen molar-refractivity contribution in [3.8, 4) is 0 Å². The van der Waals surface area contributed by atoms with Gasteiger partial charge in [-0.25, -0.2) is 4.79 Å². The van der Waals surface area contributed by atoms with Crippen LogP contribution in [-0.2, 0) is 32.0 Å². The van der Waals surface area contributed by atoms with Crippen molar-refractivity contribution in [2.45, 2.75) is 52.0 Å². The highest BCUT2D eigenvalue weighted by Crippen LogP contribution is 2.48. The van der Waals surface area contributed by atoms with Gasteiger partial charge in [-0.2, -0.15) is 0 Å². The molecule has 0 unspecified atom stereocenters. The molecule has 6 nitrogen and oxygen atoms in total. The molecule has 3 atom stereocenters. The van der Waals surface area contributed by atoms with E-state index in [1.807, 2.05) is 41.1 Å². The molecule has 0 N–H and O–H groups in total. The van der Waals surface area contributed by atoms with E-state index < -0.39 is 23.8 Å². The van der Waals surface area contributed by atoms with Crippen molar-refractivity contribution in [1.29, 1.82) is 0 Å². The fourth-order valence-corrected chi connectivity index (χ4v) is 4.91. The fraction of sp³-hybridized carbons (Fsp3) is 0.458. The number of carbonyl (C=O) groups excluding carboxylic acids is 3. The highest BCUT2D eigenvalue weighted by Gasteiger charge is 2.53. The number of hydrogen-bond donors (Lipinski definition) is 0. The Labute approximate surface area is 176 Å². The number of cyclic esters (lactones) is 2. The molecule has 0 radical (unpaired) electrons. The maximum atomic E-state index is 13.0. The van der Waals surface area contributed by atoms with Gasteiger partial charge < -0.3 is 14.0 Å². The van der Waals surface area contributed by atoms with Crippen LogP contribution in [0.5, 0.6) is 0 Å². The first-order valence-corrected chi connectivity index (χ1v) is 10.7. The van der Waals surface area contributed by atoms with Crippen molar-refractivity contribution in [3.05, 3.63) is 58.9 Å². The average Bonchev–Trinajstić information content (AvgIpc) is 3.23. The number of esters is 3. The summed E-state index contributed by atoms with van der Waals surface area (Å²) in [5.74, 6) is -2.47. The van der Waals surface area contributed by atoms with Crippen LogP contribution >= 0.6 is 0 Å². The molecule has 30 heavy (non-hydrogen) atoms. The number of benzene rings is 1. The number of aromatic nitrogens is 1. The predicted molar refractivity (Wildman–Crippen MR) is 110 cm³/mol. The molecule has 2 heterocycles. The van der Waals surface area contributed by atoms with Gasteiger partial charge in [-0.05, 0) is 36.5 Å². The monoisotopic (exact) mass is 409 g/mol. The van der Waals surface area contributed by atoms with Crippen LogP contribution < -0.4 is 0 Å². The molecule has 0 spiro atoms. The smallest absolute Gasteiger partial charge is 0.355 e. The maximum Gasteiger partial charge on any atom is 0.355 e. The van der Waals surface area contributed by atoms with E-state index in [-0.39, 0.29) is 18.5 Å². The summed E-state index contributed by atoms with van der Waals surface area (Å²) in [5.41, 5.74) is 3.38. The zero-order chi connectivity index (χ0) is 21.3. The molecule has 6 heteroatoms. The van der Waals surface area contributed by atoms with Crippen LogP contribution in [0.1, 0.15) is 66.2 Å². The SMILES string of the molecule is CCCC[C@H]1c2c(cn(Cc3ccccc3)c2C(=O)OCC)C[C@H]2C(=O)OC(=O)[C@H]21.